The van der Waals surface area contributed by atoms with Gasteiger partial charge >= 0.3 is 0 Å². The molecule has 0 radical (unpaired) electrons. The number of amides is 1. The number of hydrogen-bond donors (Lipinski definition) is 1. The summed E-state index contributed by atoms with van der Waals surface area (Å²) >= 11 is 0. The molecule has 2 aliphatic rings. The molecule has 128 valence electrons. The van der Waals surface area contributed by atoms with Crippen LogP contribution in [0.1, 0.15) is 56.2 Å². The molecule has 2 aliphatic carbocycles. The Labute approximate surface area is 139 Å². The van der Waals surface area contributed by atoms with E-state index in [2.05, 4.69) is 22.4 Å². The Bertz CT molecular complexity index is 519. The molecule has 0 bridgehead atoms. The molecular formula is C18H30N4O. The van der Waals surface area contributed by atoms with E-state index in [4.69, 9.17) is 0 Å². The summed E-state index contributed by atoms with van der Waals surface area (Å²) in [6, 6.07) is 0.707. The lowest BCUT2D eigenvalue weighted by Gasteiger charge is -2.31. The van der Waals surface area contributed by atoms with Crippen LogP contribution in [0.15, 0.2) is 6.20 Å². The van der Waals surface area contributed by atoms with E-state index in [1.54, 1.807) is 0 Å². The van der Waals surface area contributed by atoms with Crippen LogP contribution in [0.5, 0.6) is 0 Å². The molecule has 5 heteroatoms. The van der Waals surface area contributed by atoms with Gasteiger partial charge in [0.2, 0.25) is 5.91 Å². The molecule has 1 aromatic heterocycles. The fourth-order valence-corrected chi connectivity index (χ4v) is 3.96. The van der Waals surface area contributed by atoms with Crippen molar-refractivity contribution in [2.45, 2.75) is 70.4 Å². The lowest BCUT2D eigenvalue weighted by Crippen LogP contribution is -2.40. The normalized spacial score (nSPS) is 18.9. The highest BCUT2D eigenvalue weighted by Gasteiger charge is 2.18. The first-order valence-electron chi connectivity index (χ1n) is 9.24. The molecule has 5 nitrogen and oxygen atoms in total. The molecule has 1 heterocycles. The second kappa shape index (κ2) is 7.95. The Kier molecular flexibility index (Phi) is 5.70. The molecule has 23 heavy (non-hydrogen) atoms. The van der Waals surface area contributed by atoms with E-state index >= 15 is 0 Å². The van der Waals surface area contributed by atoms with Crippen LogP contribution in [0.2, 0.25) is 0 Å². The predicted octanol–water partition coefficient (Wildman–Crippen LogP) is 2.14. The molecule has 0 unspecified atom stereocenters. The second-order valence-electron chi connectivity index (χ2n) is 7.10. The zero-order valence-corrected chi connectivity index (χ0v) is 14.4. The van der Waals surface area contributed by atoms with E-state index in [0.29, 0.717) is 12.6 Å². The van der Waals surface area contributed by atoms with Crippen LogP contribution >= 0.6 is 0 Å². The zero-order chi connectivity index (χ0) is 16.1. The summed E-state index contributed by atoms with van der Waals surface area (Å²) in [4.78, 5) is 14.6. The molecule has 0 atom stereocenters. The Morgan fingerprint density at radius 3 is 2.87 bits per heavy atom. The Morgan fingerprint density at radius 1 is 1.26 bits per heavy atom. The molecule has 1 fully saturated rings. The van der Waals surface area contributed by atoms with Gasteiger partial charge in [0.05, 0.1) is 6.20 Å². The Hall–Kier alpha value is -1.36. The van der Waals surface area contributed by atoms with Crippen LogP contribution in [-0.4, -0.2) is 46.8 Å². The molecule has 1 amide bonds. The highest BCUT2D eigenvalue weighted by molar-refractivity contribution is 5.75. The van der Waals surface area contributed by atoms with Gasteiger partial charge in [0, 0.05) is 24.8 Å². The number of nitrogens with zero attached hydrogens (tertiary/aromatic N) is 3. The van der Waals surface area contributed by atoms with Crippen molar-refractivity contribution in [2.75, 3.05) is 20.1 Å². The van der Waals surface area contributed by atoms with Gasteiger partial charge in [-0.1, -0.05) is 19.3 Å². The summed E-state index contributed by atoms with van der Waals surface area (Å²) < 4.78 is 1.90. The average Bonchev–Trinajstić information content (AvgIpc) is 2.99. The summed E-state index contributed by atoms with van der Waals surface area (Å²) in [5.41, 5.74) is 2.60. The van der Waals surface area contributed by atoms with Gasteiger partial charge in [-0.2, -0.15) is 5.10 Å². The summed E-state index contributed by atoms with van der Waals surface area (Å²) in [5.74, 6) is 0.0820. The van der Waals surface area contributed by atoms with Gasteiger partial charge in [-0.05, 0) is 51.1 Å². The molecule has 0 aromatic carbocycles. The third kappa shape index (κ3) is 4.34. The van der Waals surface area contributed by atoms with E-state index in [9.17, 15) is 4.79 Å². The van der Waals surface area contributed by atoms with Crippen LogP contribution in [0.25, 0.3) is 0 Å². The number of carbonyl (C=O) groups is 1. The maximum Gasteiger partial charge on any atom is 0.241 e. The number of rotatable bonds is 6. The summed E-state index contributed by atoms with van der Waals surface area (Å²) in [6.07, 6.45) is 13.3. The van der Waals surface area contributed by atoms with Crippen molar-refractivity contribution in [1.82, 2.24) is 20.0 Å². The number of fused-ring (bicyclic) bond motifs is 1. The van der Waals surface area contributed by atoms with Gasteiger partial charge in [-0.25, -0.2) is 0 Å². The number of likely N-dealkylation sites (N-methyl/N-ethyl adjacent to an activating group) is 1. The molecular weight excluding hydrogens is 288 g/mol. The first-order chi connectivity index (χ1) is 11.2. The minimum absolute atomic E-state index is 0.0820. The molecule has 1 saturated carbocycles. The summed E-state index contributed by atoms with van der Waals surface area (Å²) in [6.45, 7) is 2.03. The standard InChI is InChI=1S/C18H30N4O/c1-21(16-8-3-2-4-9-16)12-11-19-18(23)14-22-17-10-6-5-7-15(17)13-20-22/h13,16H,2-12,14H2,1H3,(H,19,23). The fraction of sp³-hybridized carbons (Fsp3) is 0.778. The Morgan fingerprint density at radius 2 is 2.04 bits per heavy atom. The van der Waals surface area contributed by atoms with Crippen LogP contribution in [-0.2, 0) is 24.2 Å². The van der Waals surface area contributed by atoms with Gasteiger partial charge in [0.1, 0.15) is 6.54 Å². The van der Waals surface area contributed by atoms with Crippen molar-refractivity contribution in [3.63, 3.8) is 0 Å². The first kappa shape index (κ1) is 16.5. The van der Waals surface area contributed by atoms with Gasteiger partial charge in [-0.3, -0.25) is 9.48 Å². The van der Waals surface area contributed by atoms with E-state index in [1.165, 1.54) is 56.2 Å². The van der Waals surface area contributed by atoms with Crippen LogP contribution in [0.4, 0.5) is 0 Å². The maximum atomic E-state index is 12.2. The molecule has 0 spiro atoms. The Balaban J connectivity index is 1.40. The van der Waals surface area contributed by atoms with Gasteiger partial charge in [0.15, 0.2) is 0 Å². The zero-order valence-electron chi connectivity index (χ0n) is 14.4. The number of hydrogen-bond acceptors (Lipinski definition) is 3. The largest absolute Gasteiger partial charge is 0.353 e. The van der Waals surface area contributed by atoms with E-state index < -0.39 is 0 Å². The van der Waals surface area contributed by atoms with Crippen molar-refractivity contribution in [3.05, 3.63) is 17.5 Å². The lowest BCUT2D eigenvalue weighted by atomic mass is 9.94. The smallest absolute Gasteiger partial charge is 0.241 e. The van der Waals surface area contributed by atoms with E-state index in [0.717, 1.165) is 25.9 Å². The molecule has 0 saturated heterocycles. The summed E-state index contributed by atoms with van der Waals surface area (Å²) in [7, 11) is 2.19. The van der Waals surface area contributed by atoms with Crippen LogP contribution in [0, 0.1) is 0 Å². The number of aromatic nitrogens is 2. The van der Waals surface area contributed by atoms with Gasteiger partial charge < -0.3 is 10.2 Å². The minimum Gasteiger partial charge on any atom is -0.353 e. The number of carbonyl (C=O) groups excluding carboxylic acids is 1. The number of aryl methyl sites for hydroxylation is 1. The average molecular weight is 318 g/mol. The van der Waals surface area contributed by atoms with Gasteiger partial charge in [0.25, 0.3) is 0 Å². The third-order valence-electron chi connectivity index (χ3n) is 5.42. The van der Waals surface area contributed by atoms with Crippen molar-refractivity contribution in [2.24, 2.45) is 0 Å². The minimum atomic E-state index is 0.0820. The second-order valence-corrected chi connectivity index (χ2v) is 7.10. The molecule has 1 aromatic rings. The fourth-order valence-electron chi connectivity index (χ4n) is 3.96. The van der Waals surface area contributed by atoms with Crippen molar-refractivity contribution < 1.29 is 4.79 Å². The molecule has 3 rings (SSSR count). The maximum absolute atomic E-state index is 12.2. The lowest BCUT2D eigenvalue weighted by molar-refractivity contribution is -0.121. The van der Waals surface area contributed by atoms with E-state index in [-0.39, 0.29) is 5.91 Å². The molecule has 1 N–H and O–H groups in total. The van der Waals surface area contributed by atoms with Crippen molar-refractivity contribution in [1.29, 1.82) is 0 Å². The van der Waals surface area contributed by atoms with Crippen molar-refractivity contribution >= 4 is 5.91 Å². The van der Waals surface area contributed by atoms with Crippen LogP contribution < -0.4 is 5.32 Å². The first-order valence-corrected chi connectivity index (χ1v) is 9.24. The third-order valence-corrected chi connectivity index (χ3v) is 5.42. The topological polar surface area (TPSA) is 50.2 Å². The SMILES string of the molecule is CN(CCNC(=O)Cn1ncc2c1CCCC2)C1CCCCC1. The van der Waals surface area contributed by atoms with Crippen LogP contribution in [0.3, 0.4) is 0 Å². The predicted molar refractivity (Wildman–Crippen MR) is 91.4 cm³/mol. The highest BCUT2D eigenvalue weighted by Crippen LogP contribution is 2.21. The highest BCUT2D eigenvalue weighted by atomic mass is 16.2. The molecule has 0 aliphatic heterocycles. The monoisotopic (exact) mass is 318 g/mol. The van der Waals surface area contributed by atoms with Crippen molar-refractivity contribution in [3.8, 4) is 0 Å². The number of nitrogens with one attached hydrogen (secondary N) is 1. The van der Waals surface area contributed by atoms with E-state index in [1.807, 2.05) is 10.9 Å². The quantitative estimate of drug-likeness (QED) is 0.874. The van der Waals surface area contributed by atoms with Gasteiger partial charge in [-0.15, -0.1) is 0 Å². The summed E-state index contributed by atoms with van der Waals surface area (Å²) in [5, 5.41) is 7.46.